The van der Waals surface area contributed by atoms with E-state index in [9.17, 15) is 20.0 Å². The number of nitro benzene ring substituents is 1. The van der Waals surface area contributed by atoms with Crippen LogP contribution >= 0.6 is 0 Å². The fourth-order valence-electron chi connectivity index (χ4n) is 2.11. The molecule has 0 aliphatic carbocycles. The molecule has 7 heteroatoms. The summed E-state index contributed by atoms with van der Waals surface area (Å²) in [6.45, 7) is 3.90. The number of rotatable bonds is 7. The van der Waals surface area contributed by atoms with Crippen molar-refractivity contribution in [2.75, 3.05) is 13.2 Å². The molecule has 0 spiro atoms. The van der Waals surface area contributed by atoms with Gasteiger partial charge in [0, 0.05) is 24.2 Å². The van der Waals surface area contributed by atoms with Crippen LogP contribution in [0.1, 0.15) is 21.5 Å². The second kappa shape index (κ2) is 8.25. The summed E-state index contributed by atoms with van der Waals surface area (Å²) in [7, 11) is 0. The smallest absolute Gasteiger partial charge is 0.269 e. The predicted octanol–water partition coefficient (Wildman–Crippen LogP) is 2.38. The molecule has 2 rings (SSSR count). The zero-order valence-corrected chi connectivity index (χ0v) is 14.1. The van der Waals surface area contributed by atoms with Gasteiger partial charge in [0.1, 0.15) is 18.5 Å². The van der Waals surface area contributed by atoms with Gasteiger partial charge in [-0.2, -0.15) is 0 Å². The number of amides is 1. The molecule has 7 nitrogen and oxygen atoms in total. The van der Waals surface area contributed by atoms with E-state index < -0.39 is 11.0 Å². The van der Waals surface area contributed by atoms with E-state index in [0.717, 1.165) is 11.1 Å². The molecule has 132 valence electrons. The van der Waals surface area contributed by atoms with E-state index in [1.54, 1.807) is 12.1 Å². The van der Waals surface area contributed by atoms with Crippen LogP contribution in [0.25, 0.3) is 0 Å². The molecule has 0 bridgehead atoms. The number of carbonyl (C=O) groups is 1. The summed E-state index contributed by atoms with van der Waals surface area (Å²) < 4.78 is 5.35. The van der Waals surface area contributed by atoms with Gasteiger partial charge in [0.05, 0.1) is 4.92 Å². The van der Waals surface area contributed by atoms with E-state index in [1.807, 2.05) is 19.9 Å². The number of non-ortho nitro benzene ring substituents is 1. The Bertz CT molecular complexity index is 759. The van der Waals surface area contributed by atoms with Crippen LogP contribution in [0.15, 0.2) is 42.5 Å². The van der Waals surface area contributed by atoms with Crippen molar-refractivity contribution >= 4 is 11.6 Å². The fourth-order valence-corrected chi connectivity index (χ4v) is 2.11. The highest BCUT2D eigenvalue weighted by atomic mass is 16.6. The molecule has 2 aromatic carbocycles. The minimum Gasteiger partial charge on any atom is -0.491 e. The van der Waals surface area contributed by atoms with Crippen molar-refractivity contribution in [1.29, 1.82) is 0 Å². The highest BCUT2D eigenvalue weighted by Gasteiger charge is 2.11. The van der Waals surface area contributed by atoms with Crippen molar-refractivity contribution in [2.45, 2.75) is 20.0 Å². The van der Waals surface area contributed by atoms with Gasteiger partial charge >= 0.3 is 0 Å². The maximum atomic E-state index is 12.1. The summed E-state index contributed by atoms with van der Waals surface area (Å²) >= 11 is 0. The number of aliphatic hydroxyl groups excluding tert-OH is 1. The predicted molar refractivity (Wildman–Crippen MR) is 92.8 cm³/mol. The molecule has 0 saturated carbocycles. The maximum absolute atomic E-state index is 12.1. The van der Waals surface area contributed by atoms with Crippen molar-refractivity contribution in [3.8, 4) is 5.75 Å². The Morgan fingerprint density at radius 3 is 2.48 bits per heavy atom. The van der Waals surface area contributed by atoms with Gasteiger partial charge in [-0.25, -0.2) is 0 Å². The summed E-state index contributed by atoms with van der Waals surface area (Å²) in [5.41, 5.74) is 2.63. The average molecular weight is 344 g/mol. The molecule has 0 aliphatic heterocycles. The molecular weight excluding hydrogens is 324 g/mol. The van der Waals surface area contributed by atoms with Crippen LogP contribution in [0.5, 0.6) is 5.75 Å². The van der Waals surface area contributed by atoms with Crippen LogP contribution in [0.3, 0.4) is 0 Å². The first kappa shape index (κ1) is 18.4. The lowest BCUT2D eigenvalue weighted by molar-refractivity contribution is -0.384. The second-order valence-corrected chi connectivity index (χ2v) is 5.72. The number of aliphatic hydroxyl groups is 1. The lowest BCUT2D eigenvalue weighted by atomic mass is 10.1. The van der Waals surface area contributed by atoms with Gasteiger partial charge in [-0.05, 0) is 49.2 Å². The quantitative estimate of drug-likeness (QED) is 0.593. The number of nitrogens with one attached hydrogen (secondary N) is 1. The molecule has 0 aliphatic rings. The van der Waals surface area contributed by atoms with E-state index in [-0.39, 0.29) is 24.7 Å². The number of nitro groups is 1. The zero-order valence-electron chi connectivity index (χ0n) is 14.1. The number of hydrogen-bond acceptors (Lipinski definition) is 5. The van der Waals surface area contributed by atoms with Crippen molar-refractivity contribution < 1.29 is 19.6 Å². The molecule has 0 fully saturated rings. The summed E-state index contributed by atoms with van der Waals surface area (Å²) in [5, 5.41) is 23.1. The normalized spacial score (nSPS) is 11.6. The van der Waals surface area contributed by atoms with E-state index in [4.69, 9.17) is 4.74 Å². The van der Waals surface area contributed by atoms with Crippen molar-refractivity contribution in [1.82, 2.24) is 5.32 Å². The molecule has 2 aromatic rings. The van der Waals surface area contributed by atoms with Crippen LogP contribution < -0.4 is 10.1 Å². The molecule has 0 aromatic heterocycles. The maximum Gasteiger partial charge on any atom is 0.269 e. The Labute approximate surface area is 145 Å². The molecule has 0 radical (unpaired) electrons. The van der Waals surface area contributed by atoms with Crippen LogP contribution in [-0.2, 0) is 0 Å². The molecule has 0 saturated heterocycles. The molecule has 1 atom stereocenters. The third-order valence-corrected chi connectivity index (χ3v) is 3.76. The van der Waals surface area contributed by atoms with Gasteiger partial charge in [-0.1, -0.05) is 6.07 Å². The summed E-state index contributed by atoms with van der Waals surface area (Å²) in [4.78, 5) is 22.1. The summed E-state index contributed by atoms with van der Waals surface area (Å²) in [5.74, 6) is 0.141. The number of carbonyl (C=O) groups excluding carboxylic acids is 1. The minimum absolute atomic E-state index is 0.0337. The Hall–Kier alpha value is -2.93. The lowest BCUT2D eigenvalue weighted by Crippen LogP contribution is -2.35. The number of aryl methyl sites for hydroxylation is 2. The highest BCUT2D eigenvalue weighted by molar-refractivity contribution is 5.94. The van der Waals surface area contributed by atoms with Crippen molar-refractivity contribution in [2.24, 2.45) is 0 Å². The molecular formula is C18H20N2O5. The Morgan fingerprint density at radius 1 is 1.20 bits per heavy atom. The molecule has 2 N–H and O–H groups in total. The van der Waals surface area contributed by atoms with Gasteiger partial charge in [-0.3, -0.25) is 14.9 Å². The lowest BCUT2D eigenvalue weighted by Gasteiger charge is -2.13. The number of nitrogens with zero attached hydrogens (tertiary/aromatic N) is 1. The van der Waals surface area contributed by atoms with E-state index in [0.29, 0.717) is 11.3 Å². The fraction of sp³-hybridized carbons (Fsp3) is 0.278. The third kappa shape index (κ3) is 5.29. The van der Waals surface area contributed by atoms with Crippen molar-refractivity contribution in [3.63, 3.8) is 0 Å². The number of ether oxygens (including phenoxy) is 1. The van der Waals surface area contributed by atoms with E-state index in [1.165, 1.54) is 24.3 Å². The SMILES string of the molecule is Cc1ccc(C(=O)NC[C@@H](O)COc2ccc([N+](=O)[O-])cc2)cc1C. The first-order valence-electron chi connectivity index (χ1n) is 7.77. The van der Waals surface area contributed by atoms with Crippen molar-refractivity contribution in [3.05, 3.63) is 69.3 Å². The average Bonchev–Trinajstić information content (AvgIpc) is 2.60. The zero-order chi connectivity index (χ0) is 18.4. The van der Waals surface area contributed by atoms with Crippen LogP contribution in [0.4, 0.5) is 5.69 Å². The monoisotopic (exact) mass is 344 g/mol. The second-order valence-electron chi connectivity index (χ2n) is 5.72. The Balaban J connectivity index is 1.79. The molecule has 1 amide bonds. The van der Waals surface area contributed by atoms with Crippen LogP contribution in [-0.4, -0.2) is 35.2 Å². The first-order valence-corrected chi connectivity index (χ1v) is 7.77. The van der Waals surface area contributed by atoms with Gasteiger partial charge < -0.3 is 15.2 Å². The van der Waals surface area contributed by atoms with Gasteiger partial charge in [0.2, 0.25) is 0 Å². The summed E-state index contributed by atoms with van der Waals surface area (Å²) in [6.07, 6.45) is -0.898. The first-order chi connectivity index (χ1) is 11.9. The minimum atomic E-state index is -0.898. The standard InChI is InChI=1S/C18H20N2O5/c1-12-3-4-14(9-13(12)2)18(22)19-10-16(21)11-25-17-7-5-15(6-8-17)20(23)24/h3-9,16,21H,10-11H2,1-2H3,(H,19,22)/t16-/m1/s1. The Morgan fingerprint density at radius 2 is 1.88 bits per heavy atom. The molecule has 0 heterocycles. The van der Waals surface area contributed by atoms with Gasteiger partial charge in [0.25, 0.3) is 11.6 Å². The van der Waals surface area contributed by atoms with Crippen LogP contribution in [0, 0.1) is 24.0 Å². The molecule has 0 unspecified atom stereocenters. The Kier molecular flexibility index (Phi) is 6.08. The number of benzene rings is 2. The molecule has 25 heavy (non-hydrogen) atoms. The van der Waals surface area contributed by atoms with E-state index in [2.05, 4.69) is 5.32 Å². The topological polar surface area (TPSA) is 102 Å². The highest BCUT2D eigenvalue weighted by Crippen LogP contribution is 2.17. The van der Waals surface area contributed by atoms with E-state index >= 15 is 0 Å². The largest absolute Gasteiger partial charge is 0.491 e. The third-order valence-electron chi connectivity index (χ3n) is 3.76. The summed E-state index contributed by atoms with van der Waals surface area (Å²) in [6, 6.07) is 11.0. The number of hydrogen-bond donors (Lipinski definition) is 2. The van der Waals surface area contributed by atoms with Crippen LogP contribution in [0.2, 0.25) is 0 Å². The van der Waals surface area contributed by atoms with Gasteiger partial charge in [0.15, 0.2) is 0 Å². The van der Waals surface area contributed by atoms with Gasteiger partial charge in [-0.15, -0.1) is 0 Å².